The summed E-state index contributed by atoms with van der Waals surface area (Å²) in [5, 5.41) is 0. The van der Waals surface area contributed by atoms with Crippen LogP contribution < -0.4 is 4.74 Å². The van der Waals surface area contributed by atoms with E-state index in [9.17, 15) is 9.59 Å². The van der Waals surface area contributed by atoms with Crippen molar-refractivity contribution >= 4 is 12.1 Å². The van der Waals surface area contributed by atoms with E-state index in [1.54, 1.807) is 11.8 Å². The monoisotopic (exact) mass is 539 g/mol. The number of benzene rings is 3. The molecular weight excluding hydrogens is 506 g/mol. The Morgan fingerprint density at radius 1 is 1.05 bits per heavy atom. The van der Waals surface area contributed by atoms with E-state index in [1.165, 1.54) is 0 Å². The predicted octanol–water partition coefficient (Wildman–Crippen LogP) is 6.38. The molecule has 1 aliphatic rings. The lowest BCUT2D eigenvalue weighted by Gasteiger charge is -2.22. The highest BCUT2D eigenvalue weighted by Gasteiger charge is 2.40. The number of amides is 1. The number of esters is 1. The topological polar surface area (TPSA) is 82.9 Å². The number of nitrogens with zero attached hydrogens (tertiary/aromatic N) is 3. The van der Waals surface area contributed by atoms with Gasteiger partial charge in [-0.15, -0.1) is 0 Å². The van der Waals surface area contributed by atoms with E-state index in [0.29, 0.717) is 24.7 Å². The average Bonchev–Trinajstić information content (AvgIpc) is 3.43. The first-order valence-electron chi connectivity index (χ1n) is 13.4. The van der Waals surface area contributed by atoms with Gasteiger partial charge in [-0.05, 0) is 62.2 Å². The molecule has 0 aliphatic carbocycles. The third-order valence-corrected chi connectivity index (χ3v) is 7.11. The second-order valence-electron chi connectivity index (χ2n) is 9.92. The van der Waals surface area contributed by atoms with Crippen LogP contribution in [0, 0.1) is 6.92 Å². The number of cyclic esters (lactones) is 1. The quantitative estimate of drug-likeness (QED) is 0.230. The van der Waals surface area contributed by atoms with Crippen molar-refractivity contribution in [2.45, 2.75) is 45.9 Å². The summed E-state index contributed by atoms with van der Waals surface area (Å²) in [4.78, 5) is 31.4. The standard InChI is InChI=1S/C32H33N3O5/c1-5-38-30(36)17-23-10-9-13-27(16-23)39-29-15-14-25(28-20-34(4)22(3)33-28)18-26(29)19-35-21(2)31(40-32(35)37)24-11-7-6-8-12-24/h6-16,18,20-21,31H,5,17,19H2,1-4H3/t21-,31-/m0/s1. The van der Waals surface area contributed by atoms with E-state index >= 15 is 0 Å². The lowest BCUT2D eigenvalue weighted by atomic mass is 10.0. The maximum Gasteiger partial charge on any atom is 0.411 e. The Morgan fingerprint density at radius 2 is 1.85 bits per heavy atom. The molecule has 1 aliphatic heterocycles. The maximum absolute atomic E-state index is 13.0. The van der Waals surface area contributed by atoms with Crippen LogP contribution in [-0.2, 0) is 34.3 Å². The van der Waals surface area contributed by atoms with Gasteiger partial charge in [0.05, 0.1) is 31.3 Å². The highest BCUT2D eigenvalue weighted by Crippen LogP contribution is 2.37. The largest absolute Gasteiger partial charge is 0.466 e. The van der Waals surface area contributed by atoms with E-state index in [0.717, 1.165) is 33.8 Å². The molecule has 0 N–H and O–H groups in total. The first-order chi connectivity index (χ1) is 19.3. The fraction of sp³-hybridized carbons (Fsp3) is 0.281. The summed E-state index contributed by atoms with van der Waals surface area (Å²) in [5.41, 5.74) is 4.32. The number of ether oxygens (including phenoxy) is 3. The van der Waals surface area contributed by atoms with Crippen LogP contribution in [0.4, 0.5) is 4.79 Å². The van der Waals surface area contributed by atoms with E-state index in [1.807, 2.05) is 104 Å². The maximum atomic E-state index is 13.0. The first kappa shape index (κ1) is 27.0. The average molecular weight is 540 g/mol. The first-order valence-corrected chi connectivity index (χ1v) is 13.4. The fourth-order valence-corrected chi connectivity index (χ4v) is 4.87. The summed E-state index contributed by atoms with van der Waals surface area (Å²) in [7, 11) is 1.96. The molecular formula is C32H33N3O5. The van der Waals surface area contributed by atoms with Crippen molar-refractivity contribution in [2.75, 3.05) is 6.61 Å². The van der Waals surface area contributed by atoms with Gasteiger partial charge in [-0.1, -0.05) is 42.5 Å². The Balaban J connectivity index is 1.45. The Morgan fingerprint density at radius 3 is 2.58 bits per heavy atom. The van der Waals surface area contributed by atoms with Crippen LogP contribution in [0.25, 0.3) is 11.3 Å². The molecule has 0 bridgehead atoms. The van der Waals surface area contributed by atoms with Crippen LogP contribution in [0.15, 0.2) is 79.0 Å². The van der Waals surface area contributed by atoms with E-state index in [4.69, 9.17) is 14.2 Å². The summed E-state index contributed by atoms with van der Waals surface area (Å²) in [6, 6.07) is 22.8. The van der Waals surface area contributed by atoms with E-state index < -0.39 is 0 Å². The van der Waals surface area contributed by atoms with Crippen LogP contribution in [0.1, 0.15) is 42.5 Å². The summed E-state index contributed by atoms with van der Waals surface area (Å²) in [5.74, 6) is 1.80. The van der Waals surface area contributed by atoms with Crippen LogP contribution in [-0.4, -0.2) is 39.2 Å². The van der Waals surface area contributed by atoms with Gasteiger partial charge in [-0.2, -0.15) is 0 Å². The number of carbonyl (C=O) groups excluding carboxylic acids is 2. The van der Waals surface area contributed by atoms with Gasteiger partial charge in [0.25, 0.3) is 0 Å². The molecule has 0 radical (unpaired) electrons. The zero-order chi connectivity index (χ0) is 28.2. The Labute approximate surface area is 234 Å². The van der Waals surface area contributed by atoms with Crippen LogP contribution in [0.2, 0.25) is 0 Å². The molecule has 0 unspecified atom stereocenters. The Hall–Kier alpha value is -4.59. The Bertz CT molecular complexity index is 1490. The number of rotatable bonds is 9. The van der Waals surface area contributed by atoms with Gasteiger partial charge in [0.2, 0.25) is 0 Å². The van der Waals surface area contributed by atoms with E-state index in [2.05, 4.69) is 4.98 Å². The normalized spacial score (nSPS) is 16.6. The summed E-state index contributed by atoms with van der Waals surface area (Å²) >= 11 is 0. The van der Waals surface area contributed by atoms with Crippen LogP contribution in [0.5, 0.6) is 11.5 Å². The molecule has 1 saturated heterocycles. The molecule has 206 valence electrons. The van der Waals surface area contributed by atoms with Crippen molar-refractivity contribution in [1.82, 2.24) is 14.5 Å². The van der Waals surface area contributed by atoms with Crippen molar-refractivity contribution in [3.05, 3.63) is 102 Å². The zero-order valence-electron chi connectivity index (χ0n) is 23.2. The SMILES string of the molecule is CCOC(=O)Cc1cccc(Oc2ccc(-c3cn(C)c(C)n3)cc2CN2C(=O)O[C@H](c3ccccc3)[C@@H]2C)c1. The third kappa shape index (κ3) is 5.86. The number of aromatic nitrogens is 2. The highest BCUT2D eigenvalue weighted by atomic mass is 16.6. The minimum atomic E-state index is -0.372. The molecule has 1 fully saturated rings. The van der Waals surface area contributed by atoms with Crippen molar-refractivity contribution in [2.24, 2.45) is 7.05 Å². The lowest BCUT2D eigenvalue weighted by Crippen LogP contribution is -2.31. The Kier molecular flexibility index (Phi) is 7.86. The van der Waals surface area contributed by atoms with Crippen molar-refractivity contribution in [3.63, 3.8) is 0 Å². The minimum absolute atomic E-state index is 0.161. The molecule has 1 amide bonds. The summed E-state index contributed by atoms with van der Waals surface area (Å²) in [6.45, 7) is 6.36. The molecule has 0 spiro atoms. The molecule has 40 heavy (non-hydrogen) atoms. The summed E-state index contributed by atoms with van der Waals surface area (Å²) < 4.78 is 19.2. The molecule has 8 nitrogen and oxygen atoms in total. The van der Waals surface area contributed by atoms with Gasteiger partial charge in [-0.25, -0.2) is 9.78 Å². The second kappa shape index (κ2) is 11.7. The zero-order valence-corrected chi connectivity index (χ0v) is 23.2. The van der Waals surface area contributed by atoms with Crippen molar-refractivity contribution in [3.8, 4) is 22.8 Å². The van der Waals surface area contributed by atoms with Gasteiger partial charge < -0.3 is 18.8 Å². The number of aryl methyl sites for hydroxylation is 2. The number of hydrogen-bond donors (Lipinski definition) is 0. The van der Waals surface area contributed by atoms with Gasteiger partial charge in [0.1, 0.15) is 23.4 Å². The molecule has 8 heteroatoms. The fourth-order valence-electron chi connectivity index (χ4n) is 4.87. The third-order valence-electron chi connectivity index (χ3n) is 7.11. The molecule has 1 aromatic heterocycles. The number of hydrogen-bond acceptors (Lipinski definition) is 6. The molecule has 5 rings (SSSR count). The summed E-state index contributed by atoms with van der Waals surface area (Å²) in [6.07, 6.45) is 1.40. The predicted molar refractivity (Wildman–Crippen MR) is 151 cm³/mol. The van der Waals surface area contributed by atoms with Crippen molar-refractivity contribution in [1.29, 1.82) is 0 Å². The van der Waals surface area contributed by atoms with Crippen LogP contribution in [0.3, 0.4) is 0 Å². The van der Waals surface area contributed by atoms with Gasteiger partial charge in [-0.3, -0.25) is 9.69 Å². The smallest absolute Gasteiger partial charge is 0.411 e. The number of carbonyl (C=O) groups is 2. The van der Waals surface area contributed by atoms with Gasteiger partial charge >= 0.3 is 12.1 Å². The minimum Gasteiger partial charge on any atom is -0.466 e. The van der Waals surface area contributed by atoms with Crippen LogP contribution >= 0.6 is 0 Å². The lowest BCUT2D eigenvalue weighted by molar-refractivity contribution is -0.142. The molecule has 0 saturated carbocycles. The second-order valence-corrected chi connectivity index (χ2v) is 9.92. The number of imidazole rings is 1. The molecule has 4 aromatic rings. The molecule has 3 aromatic carbocycles. The highest BCUT2D eigenvalue weighted by molar-refractivity contribution is 5.73. The van der Waals surface area contributed by atoms with Gasteiger partial charge in [0.15, 0.2) is 0 Å². The van der Waals surface area contributed by atoms with E-state index in [-0.39, 0.29) is 30.6 Å². The molecule has 2 heterocycles. The van der Waals surface area contributed by atoms with Gasteiger partial charge in [0, 0.05) is 24.4 Å². The van der Waals surface area contributed by atoms with Crippen molar-refractivity contribution < 1.29 is 23.8 Å². The molecule has 2 atom stereocenters.